The van der Waals surface area contributed by atoms with Crippen LogP contribution in [0.3, 0.4) is 0 Å². The topological polar surface area (TPSA) is 43.2 Å². The average Bonchev–Trinajstić information content (AvgIpc) is 3.11. The van der Waals surface area contributed by atoms with Gasteiger partial charge >= 0.3 is 0 Å². The Balaban J connectivity index is 1.05. The summed E-state index contributed by atoms with van der Waals surface area (Å²) >= 11 is 0. The molecule has 0 aliphatic heterocycles. The molecule has 3 N–H and O–H groups in total. The highest BCUT2D eigenvalue weighted by atomic mass is 14.9. The predicted octanol–water partition coefficient (Wildman–Crippen LogP) is 7.37. The fourth-order valence-electron chi connectivity index (χ4n) is 6.46. The monoisotopic (exact) mass is 639 g/mol. The summed E-state index contributed by atoms with van der Waals surface area (Å²) in [7, 11) is 0. The molecule has 0 aliphatic carbocycles. The number of quaternary nitrogens is 1. The highest BCUT2D eigenvalue weighted by Crippen LogP contribution is 2.17. The fraction of sp³-hybridized carbons (Fsp3) is 0.524. The van der Waals surface area contributed by atoms with Crippen LogP contribution in [0.25, 0.3) is 22.3 Å². The van der Waals surface area contributed by atoms with Crippen molar-refractivity contribution >= 4 is 0 Å². The van der Waals surface area contributed by atoms with E-state index >= 15 is 0 Å². The lowest BCUT2D eigenvalue weighted by Crippen LogP contribution is -2.56. The van der Waals surface area contributed by atoms with Gasteiger partial charge in [0, 0.05) is 67.8 Å². The van der Waals surface area contributed by atoms with Crippen LogP contribution in [0, 0.1) is 0 Å². The summed E-state index contributed by atoms with van der Waals surface area (Å²) in [4.78, 5) is 0. The van der Waals surface area contributed by atoms with E-state index in [-0.39, 0.29) is 0 Å². The van der Waals surface area contributed by atoms with Crippen molar-refractivity contribution in [3.63, 3.8) is 0 Å². The molecule has 0 saturated heterocycles. The molecule has 0 saturated carbocycles. The number of aromatic nitrogens is 4. The standard InChI is InChI=1S/C42H63N5/c1-2-3-4-5-6-7-8-9-10-11-12-13-14-15-27-44-30-18-39(19-31-44)40-20-32-45(33-21-40)28-16-17-29-46-34-22-41(23-35-46)42-24-36-47(37-25-42)38-26-43/h18-25,30-37H,2-17,26-29,38,43H2,1H3/q+4/p+1. The van der Waals surface area contributed by atoms with Crippen molar-refractivity contribution < 1.29 is 24.0 Å². The van der Waals surface area contributed by atoms with E-state index in [0.717, 1.165) is 45.6 Å². The number of aryl methyl sites for hydroxylation is 3. The Labute approximate surface area is 286 Å². The predicted molar refractivity (Wildman–Crippen MR) is 192 cm³/mol. The van der Waals surface area contributed by atoms with Crippen LogP contribution in [0.15, 0.2) is 98.1 Å². The first-order chi connectivity index (χ1) is 23.2. The van der Waals surface area contributed by atoms with E-state index in [1.165, 1.54) is 112 Å². The minimum Gasteiger partial charge on any atom is -0.352 e. The molecule has 5 nitrogen and oxygen atoms in total. The van der Waals surface area contributed by atoms with Crippen LogP contribution in [0.1, 0.15) is 110 Å². The van der Waals surface area contributed by atoms with Crippen molar-refractivity contribution in [2.45, 2.75) is 136 Å². The summed E-state index contributed by atoms with van der Waals surface area (Å²) < 4.78 is 9.14. The van der Waals surface area contributed by atoms with Gasteiger partial charge in [-0.15, -0.1) is 0 Å². The Morgan fingerprint density at radius 2 is 0.574 bits per heavy atom. The summed E-state index contributed by atoms with van der Waals surface area (Å²) in [6, 6.07) is 17.9. The number of nitrogens with zero attached hydrogens (tertiary/aromatic N) is 4. The summed E-state index contributed by atoms with van der Waals surface area (Å²) in [5.74, 6) is 0. The normalized spacial score (nSPS) is 11.3. The lowest BCUT2D eigenvalue weighted by atomic mass is 10.0. The molecule has 0 aliphatic rings. The van der Waals surface area contributed by atoms with Crippen molar-refractivity contribution in [1.29, 1.82) is 0 Å². The van der Waals surface area contributed by atoms with E-state index in [1.54, 1.807) is 0 Å². The molecule has 4 aromatic heterocycles. The van der Waals surface area contributed by atoms with Gasteiger partial charge in [0.2, 0.25) is 0 Å². The SMILES string of the molecule is CCCCCCCCCCCCCCCC[n+]1ccc(-c2cc[n+](CCCC[n+]3ccc(-c4cc[n+](CC[NH3+])cc4)cc3)cc2)cc1. The lowest BCUT2D eigenvalue weighted by Gasteiger charge is -2.03. The Morgan fingerprint density at radius 3 is 0.851 bits per heavy atom. The highest BCUT2D eigenvalue weighted by Gasteiger charge is 2.09. The summed E-state index contributed by atoms with van der Waals surface area (Å²) in [6.45, 7) is 7.38. The van der Waals surface area contributed by atoms with Gasteiger partial charge in [-0.2, -0.15) is 4.57 Å². The zero-order valence-electron chi connectivity index (χ0n) is 29.6. The van der Waals surface area contributed by atoms with E-state index < -0.39 is 0 Å². The number of rotatable bonds is 24. The van der Waals surface area contributed by atoms with Gasteiger partial charge < -0.3 is 5.73 Å². The first-order valence-electron chi connectivity index (χ1n) is 19.0. The molecule has 4 heterocycles. The Morgan fingerprint density at radius 1 is 0.340 bits per heavy atom. The van der Waals surface area contributed by atoms with Crippen molar-refractivity contribution in [3.05, 3.63) is 98.1 Å². The Hall–Kier alpha value is -3.44. The van der Waals surface area contributed by atoms with Gasteiger partial charge in [-0.25, -0.2) is 13.7 Å². The summed E-state index contributed by atoms with van der Waals surface area (Å²) in [5.41, 5.74) is 9.03. The minimum absolute atomic E-state index is 0.909. The van der Waals surface area contributed by atoms with E-state index in [2.05, 4.69) is 129 Å². The molecule has 4 aromatic rings. The van der Waals surface area contributed by atoms with Crippen LogP contribution in [-0.4, -0.2) is 6.54 Å². The average molecular weight is 639 g/mol. The van der Waals surface area contributed by atoms with E-state index in [9.17, 15) is 0 Å². The second-order valence-corrected chi connectivity index (χ2v) is 13.5. The second kappa shape index (κ2) is 22.2. The van der Waals surface area contributed by atoms with E-state index in [0.29, 0.717) is 0 Å². The number of unbranched alkanes of at least 4 members (excludes halogenated alkanes) is 14. The zero-order chi connectivity index (χ0) is 32.8. The van der Waals surface area contributed by atoms with Gasteiger partial charge in [0.25, 0.3) is 0 Å². The largest absolute Gasteiger partial charge is 0.352 e. The molecule has 5 heteroatoms. The van der Waals surface area contributed by atoms with Crippen LogP contribution >= 0.6 is 0 Å². The lowest BCUT2D eigenvalue weighted by molar-refractivity contribution is -0.711. The van der Waals surface area contributed by atoms with E-state index in [1.807, 2.05) is 0 Å². The van der Waals surface area contributed by atoms with Gasteiger partial charge in [0.1, 0.15) is 26.2 Å². The third-order valence-corrected chi connectivity index (χ3v) is 9.50. The van der Waals surface area contributed by atoms with Crippen molar-refractivity contribution in [2.24, 2.45) is 0 Å². The summed E-state index contributed by atoms with van der Waals surface area (Å²) in [5, 5.41) is 0. The van der Waals surface area contributed by atoms with Gasteiger partial charge in [0.05, 0.1) is 0 Å². The van der Waals surface area contributed by atoms with Gasteiger partial charge in [0.15, 0.2) is 56.1 Å². The Kier molecular flexibility index (Phi) is 17.2. The number of hydrogen-bond donors (Lipinski definition) is 1. The molecule has 0 bridgehead atoms. The molecule has 47 heavy (non-hydrogen) atoms. The first-order valence-corrected chi connectivity index (χ1v) is 19.0. The fourth-order valence-corrected chi connectivity index (χ4v) is 6.46. The van der Waals surface area contributed by atoms with Gasteiger partial charge in [-0.1, -0.05) is 84.0 Å². The minimum atomic E-state index is 0.909. The highest BCUT2D eigenvalue weighted by molar-refractivity contribution is 5.61. The van der Waals surface area contributed by atoms with Gasteiger partial charge in [-0.05, 0) is 28.7 Å². The van der Waals surface area contributed by atoms with E-state index in [4.69, 9.17) is 0 Å². The molecule has 0 radical (unpaired) electrons. The van der Waals surface area contributed by atoms with Gasteiger partial charge in [-0.3, -0.25) is 0 Å². The maximum atomic E-state index is 3.93. The van der Waals surface area contributed by atoms with Crippen LogP contribution in [0.4, 0.5) is 0 Å². The molecule has 0 aromatic carbocycles. The van der Waals surface area contributed by atoms with Crippen molar-refractivity contribution in [3.8, 4) is 22.3 Å². The summed E-state index contributed by atoms with van der Waals surface area (Å²) in [6.07, 6.45) is 39.7. The maximum absolute atomic E-state index is 3.93. The number of pyridine rings is 4. The zero-order valence-corrected chi connectivity index (χ0v) is 29.6. The molecule has 0 unspecified atom stereocenters. The second-order valence-electron chi connectivity index (χ2n) is 13.5. The van der Waals surface area contributed by atoms with Crippen LogP contribution in [-0.2, 0) is 26.2 Å². The molecule has 0 fully saturated rings. The molecular formula is C42H64N5+5. The van der Waals surface area contributed by atoms with Crippen molar-refractivity contribution in [2.75, 3.05) is 6.54 Å². The van der Waals surface area contributed by atoms with Crippen LogP contribution in [0.2, 0.25) is 0 Å². The Bertz CT molecular complexity index is 1350. The molecule has 4 rings (SSSR count). The molecule has 0 spiro atoms. The third kappa shape index (κ3) is 14.1. The van der Waals surface area contributed by atoms with Crippen molar-refractivity contribution in [1.82, 2.24) is 0 Å². The number of hydrogen-bond acceptors (Lipinski definition) is 0. The quantitative estimate of drug-likeness (QED) is 0.0615. The molecule has 252 valence electrons. The maximum Gasteiger partial charge on any atom is 0.196 e. The third-order valence-electron chi connectivity index (χ3n) is 9.50. The smallest absolute Gasteiger partial charge is 0.196 e. The first kappa shape index (κ1) is 36.4. The molecule has 0 amide bonds. The molecular weight excluding hydrogens is 574 g/mol. The molecule has 0 atom stereocenters. The van der Waals surface area contributed by atoms with Crippen LogP contribution in [0.5, 0.6) is 0 Å². The van der Waals surface area contributed by atoms with Crippen LogP contribution < -0.4 is 24.0 Å².